The van der Waals surface area contributed by atoms with Crippen LogP contribution in [0.4, 0.5) is 5.69 Å². The third-order valence-corrected chi connectivity index (χ3v) is 5.69. The van der Waals surface area contributed by atoms with Crippen molar-refractivity contribution in [1.29, 1.82) is 0 Å². The van der Waals surface area contributed by atoms with E-state index in [9.17, 15) is 0 Å². The summed E-state index contributed by atoms with van der Waals surface area (Å²) in [5.74, 6) is 0.844. The predicted octanol–water partition coefficient (Wildman–Crippen LogP) is 5.78. The zero-order chi connectivity index (χ0) is 14.7. The molecule has 3 rings (SSSR count). The van der Waals surface area contributed by atoms with Crippen LogP contribution in [-0.2, 0) is 0 Å². The van der Waals surface area contributed by atoms with Crippen LogP contribution in [0.15, 0.2) is 57.7 Å². The van der Waals surface area contributed by atoms with E-state index in [4.69, 9.17) is 4.74 Å². The Morgan fingerprint density at radius 2 is 1.71 bits per heavy atom. The minimum atomic E-state index is 0.161. The third kappa shape index (κ3) is 3.31. The van der Waals surface area contributed by atoms with Gasteiger partial charge in [0, 0.05) is 20.3 Å². The largest absolute Gasteiger partial charge is 0.497 e. The maximum absolute atomic E-state index is 5.32. The van der Waals surface area contributed by atoms with Gasteiger partial charge in [-0.3, -0.25) is 0 Å². The summed E-state index contributed by atoms with van der Waals surface area (Å²) in [6.07, 6.45) is 0. The molecule has 2 aromatic heterocycles. The van der Waals surface area contributed by atoms with Gasteiger partial charge in [0.2, 0.25) is 0 Å². The molecule has 0 unspecified atom stereocenters. The zero-order valence-electron chi connectivity index (χ0n) is 11.4. The van der Waals surface area contributed by atoms with Crippen LogP contribution in [0.5, 0.6) is 5.75 Å². The van der Waals surface area contributed by atoms with Gasteiger partial charge in [0.1, 0.15) is 5.75 Å². The lowest BCUT2D eigenvalue weighted by atomic mass is 10.2. The van der Waals surface area contributed by atoms with Gasteiger partial charge >= 0.3 is 0 Å². The van der Waals surface area contributed by atoms with Crippen LogP contribution in [0.2, 0.25) is 0 Å². The summed E-state index contributed by atoms with van der Waals surface area (Å²) in [6, 6.07) is 14.6. The highest BCUT2D eigenvalue weighted by molar-refractivity contribution is 9.10. The van der Waals surface area contributed by atoms with Gasteiger partial charge < -0.3 is 10.1 Å². The van der Waals surface area contributed by atoms with Crippen LogP contribution < -0.4 is 10.1 Å². The van der Waals surface area contributed by atoms with Gasteiger partial charge in [-0.05, 0) is 51.0 Å². The molecule has 2 nitrogen and oxygen atoms in total. The van der Waals surface area contributed by atoms with Crippen LogP contribution in [-0.4, -0.2) is 7.11 Å². The molecule has 0 fully saturated rings. The van der Waals surface area contributed by atoms with Crippen molar-refractivity contribution < 1.29 is 4.74 Å². The van der Waals surface area contributed by atoms with Crippen LogP contribution in [0.25, 0.3) is 0 Å². The number of nitrogens with one attached hydrogen (secondary N) is 1. The third-order valence-electron chi connectivity index (χ3n) is 3.13. The molecule has 5 heteroatoms. The Kier molecular flexibility index (Phi) is 4.63. The number of thiophene rings is 2. The Morgan fingerprint density at radius 3 is 2.24 bits per heavy atom. The Morgan fingerprint density at radius 1 is 1.05 bits per heavy atom. The minimum Gasteiger partial charge on any atom is -0.497 e. The van der Waals surface area contributed by atoms with Gasteiger partial charge in [0.25, 0.3) is 0 Å². The lowest BCUT2D eigenvalue weighted by Gasteiger charge is -2.19. The van der Waals surface area contributed by atoms with Crippen molar-refractivity contribution in [3.8, 4) is 5.75 Å². The summed E-state index contributed by atoms with van der Waals surface area (Å²) in [4.78, 5) is 2.60. The van der Waals surface area contributed by atoms with Gasteiger partial charge in [0.15, 0.2) is 0 Å². The minimum absolute atomic E-state index is 0.161. The van der Waals surface area contributed by atoms with Crippen molar-refractivity contribution in [1.82, 2.24) is 0 Å². The topological polar surface area (TPSA) is 21.3 Å². The monoisotopic (exact) mass is 379 g/mol. The highest BCUT2D eigenvalue weighted by atomic mass is 79.9. The van der Waals surface area contributed by atoms with Crippen LogP contribution in [0.3, 0.4) is 0 Å². The Balaban J connectivity index is 1.96. The van der Waals surface area contributed by atoms with Gasteiger partial charge in [-0.15, -0.1) is 22.7 Å². The number of hydrogen-bond acceptors (Lipinski definition) is 4. The fourth-order valence-corrected chi connectivity index (χ4v) is 4.11. The van der Waals surface area contributed by atoms with Crippen molar-refractivity contribution in [3.05, 3.63) is 67.5 Å². The molecule has 0 aliphatic rings. The SMILES string of the molecule is COc1ccc(Br)c(NC(c2cccs2)c2cccs2)c1. The van der Waals surface area contributed by atoms with Gasteiger partial charge in [-0.1, -0.05) is 12.1 Å². The van der Waals surface area contributed by atoms with E-state index < -0.39 is 0 Å². The van der Waals surface area contributed by atoms with E-state index >= 15 is 0 Å². The molecule has 0 spiro atoms. The van der Waals surface area contributed by atoms with Crippen LogP contribution in [0.1, 0.15) is 15.8 Å². The second kappa shape index (κ2) is 6.64. The summed E-state index contributed by atoms with van der Waals surface area (Å²) in [5, 5.41) is 7.84. The second-order valence-electron chi connectivity index (χ2n) is 4.45. The smallest absolute Gasteiger partial charge is 0.121 e. The molecule has 3 aromatic rings. The molecule has 0 aliphatic heterocycles. The fraction of sp³-hybridized carbons (Fsp3) is 0.125. The number of methoxy groups -OCH3 is 1. The molecular formula is C16H14BrNOS2. The van der Waals surface area contributed by atoms with Crippen molar-refractivity contribution in [3.63, 3.8) is 0 Å². The predicted molar refractivity (Wildman–Crippen MR) is 94.8 cm³/mol. The van der Waals surface area contributed by atoms with Gasteiger partial charge in [-0.25, -0.2) is 0 Å². The average molecular weight is 380 g/mol. The van der Waals surface area contributed by atoms with Crippen molar-refractivity contribution in [2.24, 2.45) is 0 Å². The zero-order valence-corrected chi connectivity index (χ0v) is 14.6. The molecular weight excluding hydrogens is 366 g/mol. The quantitative estimate of drug-likeness (QED) is 0.606. The first-order chi connectivity index (χ1) is 10.3. The highest BCUT2D eigenvalue weighted by Crippen LogP contribution is 2.36. The summed E-state index contributed by atoms with van der Waals surface area (Å²) in [7, 11) is 1.68. The molecule has 0 bridgehead atoms. The van der Waals surface area contributed by atoms with Crippen molar-refractivity contribution in [2.75, 3.05) is 12.4 Å². The summed E-state index contributed by atoms with van der Waals surface area (Å²) in [5.41, 5.74) is 1.03. The summed E-state index contributed by atoms with van der Waals surface area (Å²) < 4.78 is 6.35. The second-order valence-corrected chi connectivity index (χ2v) is 7.27. The molecule has 0 saturated heterocycles. The van der Waals surface area contributed by atoms with E-state index in [0.717, 1.165) is 15.9 Å². The molecule has 0 aliphatic carbocycles. The van der Waals surface area contributed by atoms with Crippen molar-refractivity contribution >= 4 is 44.3 Å². The molecule has 0 amide bonds. The lowest BCUT2D eigenvalue weighted by Crippen LogP contribution is -2.10. The van der Waals surface area contributed by atoms with Crippen molar-refractivity contribution in [2.45, 2.75) is 6.04 Å². The lowest BCUT2D eigenvalue weighted by molar-refractivity contribution is 0.415. The first kappa shape index (κ1) is 14.6. The van der Waals surface area contributed by atoms with E-state index in [1.54, 1.807) is 29.8 Å². The fourth-order valence-electron chi connectivity index (χ4n) is 2.09. The number of halogens is 1. The molecule has 0 atom stereocenters. The normalized spacial score (nSPS) is 10.8. The van der Waals surface area contributed by atoms with E-state index in [0.29, 0.717) is 0 Å². The first-order valence-electron chi connectivity index (χ1n) is 6.45. The number of anilines is 1. The number of ether oxygens (including phenoxy) is 1. The molecule has 1 aromatic carbocycles. The molecule has 108 valence electrons. The number of benzene rings is 1. The Hall–Kier alpha value is -1.30. The first-order valence-corrected chi connectivity index (χ1v) is 9.00. The van der Waals surface area contributed by atoms with E-state index in [2.05, 4.69) is 56.3 Å². The standard InChI is InChI=1S/C16H14BrNOS2/c1-19-11-6-7-12(17)13(10-11)18-16(14-4-2-8-20-14)15-5-3-9-21-15/h2-10,16,18H,1H3. The highest BCUT2D eigenvalue weighted by Gasteiger charge is 2.17. The summed E-state index contributed by atoms with van der Waals surface area (Å²) >= 11 is 7.13. The van der Waals surface area contributed by atoms with Gasteiger partial charge in [0.05, 0.1) is 18.8 Å². The molecule has 1 N–H and O–H groups in total. The Bertz CT molecular complexity index is 661. The number of rotatable bonds is 5. The average Bonchev–Trinajstić information content (AvgIpc) is 3.20. The van der Waals surface area contributed by atoms with Crippen LogP contribution in [0, 0.1) is 0 Å². The van der Waals surface area contributed by atoms with Crippen LogP contribution >= 0.6 is 38.6 Å². The maximum atomic E-state index is 5.32. The van der Waals surface area contributed by atoms with E-state index in [-0.39, 0.29) is 6.04 Å². The molecule has 0 saturated carbocycles. The summed E-state index contributed by atoms with van der Waals surface area (Å²) in [6.45, 7) is 0. The Labute approximate surface area is 140 Å². The molecule has 2 heterocycles. The maximum Gasteiger partial charge on any atom is 0.121 e. The van der Waals surface area contributed by atoms with E-state index in [1.807, 2.05) is 18.2 Å². The molecule has 21 heavy (non-hydrogen) atoms. The van der Waals surface area contributed by atoms with Gasteiger partial charge in [-0.2, -0.15) is 0 Å². The molecule has 0 radical (unpaired) electrons. The number of hydrogen-bond donors (Lipinski definition) is 1. The van der Waals surface area contributed by atoms with E-state index in [1.165, 1.54) is 9.75 Å².